The zero-order chi connectivity index (χ0) is 20.1. The maximum Gasteiger partial charge on any atom is 0.238 e. The minimum absolute atomic E-state index is 0.126. The summed E-state index contributed by atoms with van der Waals surface area (Å²) in [6.45, 7) is 5.35. The Bertz CT molecular complexity index is 971. The molecule has 11 heteroatoms. The Morgan fingerprint density at radius 3 is 2.75 bits per heavy atom. The van der Waals surface area contributed by atoms with Crippen molar-refractivity contribution in [2.24, 2.45) is 0 Å². The van der Waals surface area contributed by atoms with Gasteiger partial charge in [0.15, 0.2) is 5.82 Å². The molecular formula is C17H19N7O3S. The highest BCUT2D eigenvalue weighted by Gasteiger charge is 2.17. The number of carbonyl (C=O) groups is 2. The standard InChI is InChI=1S/C17H19N7O3S/c1-10-4-5-13(24-9-18-22-23-24)7-14(10)19-16(25)8-28-12(3)17(26)20-15-6-11(2)27-21-15/h4-7,9,12H,8H2,1-3H3,(H,19,25)(H,20,21,26). The maximum atomic E-state index is 12.3. The predicted octanol–water partition coefficient (Wildman–Crippen LogP) is 1.97. The third kappa shape index (κ3) is 4.94. The second-order valence-corrected chi connectivity index (χ2v) is 7.40. The Morgan fingerprint density at radius 2 is 2.07 bits per heavy atom. The molecule has 1 atom stereocenters. The number of benzene rings is 1. The fraction of sp³-hybridized carbons (Fsp3) is 0.294. The lowest BCUT2D eigenvalue weighted by Gasteiger charge is -2.12. The molecule has 0 aliphatic heterocycles. The van der Waals surface area contributed by atoms with Crippen molar-refractivity contribution in [2.75, 3.05) is 16.4 Å². The quantitative estimate of drug-likeness (QED) is 0.615. The molecule has 2 N–H and O–H groups in total. The SMILES string of the molecule is Cc1cc(NC(=O)C(C)SCC(=O)Nc2cc(-n3cnnn3)ccc2C)no1. The summed E-state index contributed by atoms with van der Waals surface area (Å²) < 4.78 is 6.41. The van der Waals surface area contributed by atoms with Gasteiger partial charge in [0, 0.05) is 11.8 Å². The van der Waals surface area contributed by atoms with Crippen molar-refractivity contribution in [3.8, 4) is 5.69 Å². The van der Waals surface area contributed by atoms with E-state index in [1.54, 1.807) is 26.0 Å². The van der Waals surface area contributed by atoms with Gasteiger partial charge in [-0.2, -0.15) is 0 Å². The molecule has 2 amide bonds. The van der Waals surface area contributed by atoms with E-state index in [-0.39, 0.29) is 17.6 Å². The van der Waals surface area contributed by atoms with E-state index >= 15 is 0 Å². The van der Waals surface area contributed by atoms with Crippen molar-refractivity contribution in [3.63, 3.8) is 0 Å². The van der Waals surface area contributed by atoms with E-state index in [2.05, 4.69) is 31.3 Å². The molecule has 1 unspecified atom stereocenters. The third-order valence-corrected chi connectivity index (χ3v) is 4.96. The molecule has 0 aliphatic carbocycles. The molecule has 0 saturated carbocycles. The van der Waals surface area contributed by atoms with Crippen LogP contribution in [0.15, 0.2) is 35.1 Å². The van der Waals surface area contributed by atoms with Gasteiger partial charge >= 0.3 is 0 Å². The second-order valence-electron chi connectivity index (χ2n) is 6.07. The van der Waals surface area contributed by atoms with Crippen molar-refractivity contribution >= 4 is 35.1 Å². The zero-order valence-corrected chi connectivity index (χ0v) is 16.4. The van der Waals surface area contributed by atoms with Gasteiger partial charge in [0.1, 0.15) is 12.1 Å². The van der Waals surface area contributed by atoms with E-state index in [1.807, 2.05) is 19.1 Å². The second kappa shape index (κ2) is 8.65. The van der Waals surface area contributed by atoms with Crippen LogP contribution in [0, 0.1) is 13.8 Å². The molecule has 0 saturated heterocycles. The molecule has 0 fully saturated rings. The summed E-state index contributed by atoms with van der Waals surface area (Å²) in [7, 11) is 0. The van der Waals surface area contributed by atoms with E-state index in [0.717, 1.165) is 11.3 Å². The lowest BCUT2D eigenvalue weighted by Crippen LogP contribution is -2.25. The number of thioether (sulfide) groups is 1. The van der Waals surface area contributed by atoms with E-state index < -0.39 is 5.25 Å². The topological polar surface area (TPSA) is 128 Å². The maximum absolute atomic E-state index is 12.3. The molecule has 0 radical (unpaired) electrons. The van der Waals surface area contributed by atoms with Crippen molar-refractivity contribution < 1.29 is 14.1 Å². The number of rotatable bonds is 7. The summed E-state index contributed by atoms with van der Waals surface area (Å²) in [5, 5.41) is 19.8. The number of hydrogen-bond donors (Lipinski definition) is 2. The molecule has 1 aromatic carbocycles. The van der Waals surface area contributed by atoms with Crippen LogP contribution in [0.4, 0.5) is 11.5 Å². The van der Waals surface area contributed by atoms with Gasteiger partial charge in [0.25, 0.3) is 0 Å². The first-order chi connectivity index (χ1) is 13.4. The minimum Gasteiger partial charge on any atom is -0.360 e. The van der Waals surface area contributed by atoms with Crippen LogP contribution in [0.2, 0.25) is 0 Å². The molecule has 3 rings (SSSR count). The molecule has 0 bridgehead atoms. The lowest BCUT2D eigenvalue weighted by atomic mass is 10.2. The smallest absolute Gasteiger partial charge is 0.238 e. The van der Waals surface area contributed by atoms with E-state index in [1.165, 1.54) is 22.8 Å². The number of aromatic nitrogens is 5. The van der Waals surface area contributed by atoms with E-state index in [4.69, 9.17) is 4.52 Å². The van der Waals surface area contributed by atoms with Crippen molar-refractivity contribution in [1.29, 1.82) is 0 Å². The van der Waals surface area contributed by atoms with Crippen molar-refractivity contribution in [2.45, 2.75) is 26.0 Å². The van der Waals surface area contributed by atoms with Gasteiger partial charge in [-0.15, -0.1) is 16.9 Å². The summed E-state index contributed by atoms with van der Waals surface area (Å²) in [6, 6.07) is 7.14. The number of hydrogen-bond acceptors (Lipinski definition) is 8. The van der Waals surface area contributed by atoms with Gasteiger partial charge in [-0.1, -0.05) is 11.2 Å². The monoisotopic (exact) mass is 401 g/mol. The first kappa shape index (κ1) is 19.5. The average molecular weight is 401 g/mol. The van der Waals surface area contributed by atoms with Gasteiger partial charge in [0.05, 0.1) is 16.7 Å². The van der Waals surface area contributed by atoms with Crippen LogP contribution in [0.1, 0.15) is 18.2 Å². The molecular weight excluding hydrogens is 382 g/mol. The summed E-state index contributed by atoms with van der Waals surface area (Å²) >= 11 is 1.23. The van der Waals surface area contributed by atoms with Crippen LogP contribution in [0.5, 0.6) is 0 Å². The first-order valence-corrected chi connectivity index (χ1v) is 9.47. The average Bonchev–Trinajstić information content (AvgIpc) is 3.33. The highest BCUT2D eigenvalue weighted by molar-refractivity contribution is 8.01. The summed E-state index contributed by atoms with van der Waals surface area (Å²) in [5.41, 5.74) is 2.30. The molecule has 2 heterocycles. The Labute approximate surface area is 165 Å². The lowest BCUT2D eigenvalue weighted by molar-refractivity contribution is -0.115. The molecule has 3 aromatic rings. The van der Waals surface area contributed by atoms with E-state index in [9.17, 15) is 9.59 Å². The van der Waals surface area contributed by atoms with E-state index in [0.29, 0.717) is 17.3 Å². The van der Waals surface area contributed by atoms with Gasteiger partial charge in [-0.25, -0.2) is 4.68 Å². The number of anilines is 2. The molecule has 10 nitrogen and oxygen atoms in total. The first-order valence-electron chi connectivity index (χ1n) is 8.42. The summed E-state index contributed by atoms with van der Waals surface area (Å²) in [4.78, 5) is 24.5. The largest absolute Gasteiger partial charge is 0.360 e. The molecule has 146 valence electrons. The van der Waals surface area contributed by atoms with Crippen LogP contribution < -0.4 is 10.6 Å². The zero-order valence-electron chi connectivity index (χ0n) is 15.5. The van der Waals surface area contributed by atoms with Crippen LogP contribution in [0.3, 0.4) is 0 Å². The highest BCUT2D eigenvalue weighted by Crippen LogP contribution is 2.20. The van der Waals surface area contributed by atoms with Crippen molar-refractivity contribution in [1.82, 2.24) is 25.4 Å². The molecule has 28 heavy (non-hydrogen) atoms. The van der Waals surface area contributed by atoms with Crippen LogP contribution in [-0.4, -0.2) is 48.2 Å². The number of carbonyl (C=O) groups excluding carboxylic acids is 2. The normalized spacial score (nSPS) is 11.8. The Kier molecular flexibility index (Phi) is 6.04. The number of tetrazole rings is 1. The van der Waals surface area contributed by atoms with Crippen LogP contribution >= 0.6 is 11.8 Å². The van der Waals surface area contributed by atoms with Crippen molar-refractivity contribution in [3.05, 3.63) is 41.9 Å². The highest BCUT2D eigenvalue weighted by atomic mass is 32.2. The molecule has 2 aromatic heterocycles. The van der Waals surface area contributed by atoms with Gasteiger partial charge < -0.3 is 15.2 Å². The minimum atomic E-state index is -0.434. The third-order valence-electron chi connectivity index (χ3n) is 3.82. The predicted molar refractivity (Wildman–Crippen MR) is 104 cm³/mol. The Balaban J connectivity index is 1.54. The number of amides is 2. The fourth-order valence-corrected chi connectivity index (χ4v) is 2.97. The number of aryl methyl sites for hydroxylation is 2. The van der Waals surface area contributed by atoms with Gasteiger partial charge in [-0.3, -0.25) is 9.59 Å². The van der Waals surface area contributed by atoms with Crippen LogP contribution in [-0.2, 0) is 9.59 Å². The summed E-state index contributed by atoms with van der Waals surface area (Å²) in [5.74, 6) is 0.631. The fourth-order valence-electron chi connectivity index (χ4n) is 2.28. The Morgan fingerprint density at radius 1 is 1.25 bits per heavy atom. The van der Waals surface area contributed by atoms with Gasteiger partial charge in [0.2, 0.25) is 11.8 Å². The number of nitrogens with zero attached hydrogens (tertiary/aromatic N) is 5. The Hall–Kier alpha value is -3.21. The van der Waals surface area contributed by atoms with Gasteiger partial charge in [-0.05, 0) is 48.9 Å². The molecule has 0 aliphatic rings. The van der Waals surface area contributed by atoms with Crippen LogP contribution in [0.25, 0.3) is 5.69 Å². The number of nitrogens with one attached hydrogen (secondary N) is 2. The summed E-state index contributed by atoms with van der Waals surface area (Å²) in [6.07, 6.45) is 1.47. The molecule has 0 spiro atoms.